The van der Waals surface area contributed by atoms with Gasteiger partial charge in [0.15, 0.2) is 0 Å². The minimum atomic E-state index is -0.556. The van der Waals surface area contributed by atoms with Crippen LogP contribution < -0.4 is 0 Å². The molecule has 1 radical (unpaired) electrons. The van der Waals surface area contributed by atoms with Gasteiger partial charge in [-0.2, -0.15) is 0 Å². The third-order valence-electron chi connectivity index (χ3n) is 2.22. The number of hydrogen-bond donors (Lipinski definition) is 0. The molecule has 0 N–H and O–H groups in total. The summed E-state index contributed by atoms with van der Waals surface area (Å²) in [7, 11) is 9.78. The minimum absolute atomic E-state index is 0.556. The summed E-state index contributed by atoms with van der Waals surface area (Å²) in [5.41, 5.74) is 4.22. The Morgan fingerprint density at radius 3 is 2.27 bits per heavy atom. The number of benzene rings is 1. The van der Waals surface area contributed by atoms with E-state index in [4.69, 9.17) is 18.6 Å². The maximum atomic E-state index is 4.89. The normalized spacial score (nSPS) is 12.3. The molecule has 0 saturated heterocycles. The van der Waals surface area contributed by atoms with Crippen molar-refractivity contribution in [3.63, 3.8) is 0 Å². The number of fused-ring (bicyclic) bond motifs is 1. The Bertz CT molecular complexity index is 334. The van der Waals surface area contributed by atoms with Crippen molar-refractivity contribution in [3.05, 3.63) is 47.4 Å². The standard InChI is InChI=1S/C12H13.2ClH.Ti/c1-2-5-10-8-11-6-3-4-7-12(11)9-10;;;/h3-4,6-9H,2,5H2,1H3;2*1H;/q;;;+2/p-2. The summed E-state index contributed by atoms with van der Waals surface area (Å²) < 4.78 is 0. The van der Waals surface area contributed by atoms with E-state index in [-0.39, 0.29) is 0 Å². The van der Waals surface area contributed by atoms with Crippen LogP contribution in [-0.2, 0) is 17.0 Å². The molecule has 3 heteroatoms. The first-order chi connectivity index (χ1) is 7.31. The molecule has 0 amide bonds. The van der Waals surface area contributed by atoms with E-state index in [1.54, 1.807) is 0 Å². The molecule has 15 heavy (non-hydrogen) atoms. The van der Waals surface area contributed by atoms with Gasteiger partial charge in [0.25, 0.3) is 0 Å². The van der Waals surface area contributed by atoms with Crippen LogP contribution in [0.1, 0.15) is 30.9 Å². The van der Waals surface area contributed by atoms with Crippen LogP contribution in [0.25, 0.3) is 6.08 Å². The van der Waals surface area contributed by atoms with Crippen LogP contribution in [-0.4, -0.2) is 0 Å². The summed E-state index contributed by atoms with van der Waals surface area (Å²) in [6.07, 6.45) is 7.02. The molecule has 0 heterocycles. The summed E-state index contributed by atoms with van der Waals surface area (Å²) in [6.45, 7) is 2.22. The summed E-state index contributed by atoms with van der Waals surface area (Å²) in [6, 6.07) is 8.54. The van der Waals surface area contributed by atoms with Crippen LogP contribution in [0, 0.1) is 6.42 Å². The Labute approximate surface area is 108 Å². The average molecular weight is 276 g/mol. The van der Waals surface area contributed by atoms with E-state index < -0.39 is 17.0 Å². The van der Waals surface area contributed by atoms with E-state index in [1.807, 2.05) is 0 Å². The molecule has 2 rings (SSSR count). The molecule has 0 atom stereocenters. The zero-order valence-electron chi connectivity index (χ0n) is 8.63. The Morgan fingerprint density at radius 2 is 1.73 bits per heavy atom. The predicted octanol–water partition coefficient (Wildman–Crippen LogP) is 4.81. The van der Waals surface area contributed by atoms with Gasteiger partial charge < -0.3 is 0 Å². The fourth-order valence-corrected chi connectivity index (χ4v) is 1.65. The molecule has 1 aliphatic rings. The maximum absolute atomic E-state index is 4.89. The number of allylic oxidation sites excluding steroid dienone is 1. The summed E-state index contributed by atoms with van der Waals surface area (Å²) in [4.78, 5) is 0. The van der Waals surface area contributed by atoms with E-state index >= 15 is 0 Å². The van der Waals surface area contributed by atoms with Gasteiger partial charge in [0.05, 0.1) is 0 Å². The Balaban J connectivity index is 0.000000337. The van der Waals surface area contributed by atoms with Crippen molar-refractivity contribution in [3.8, 4) is 0 Å². The molecular weight excluding hydrogens is 263 g/mol. The second-order valence-corrected chi connectivity index (χ2v) is 5.89. The Morgan fingerprint density at radius 1 is 1.13 bits per heavy atom. The van der Waals surface area contributed by atoms with E-state index in [2.05, 4.69) is 43.7 Å². The van der Waals surface area contributed by atoms with Crippen LogP contribution >= 0.6 is 18.6 Å². The SMILES string of the molecule is CCCC1=Cc2ccccc2[CH]1.[Cl][Ti][Cl]. The van der Waals surface area contributed by atoms with Crippen molar-refractivity contribution in [2.75, 3.05) is 0 Å². The van der Waals surface area contributed by atoms with E-state index in [0.29, 0.717) is 0 Å². The molecule has 0 unspecified atom stereocenters. The Kier molecular flexibility index (Phi) is 6.67. The van der Waals surface area contributed by atoms with Gasteiger partial charge in [-0.1, -0.05) is 49.3 Å². The Hall–Kier alpha value is 0.254. The molecule has 0 aliphatic heterocycles. The van der Waals surface area contributed by atoms with Gasteiger partial charge in [0, 0.05) is 6.42 Å². The van der Waals surface area contributed by atoms with Crippen LogP contribution in [0.4, 0.5) is 0 Å². The summed E-state index contributed by atoms with van der Waals surface area (Å²) >= 11 is -0.556. The molecule has 0 nitrogen and oxygen atoms in total. The molecule has 0 spiro atoms. The van der Waals surface area contributed by atoms with Crippen molar-refractivity contribution in [2.45, 2.75) is 19.8 Å². The summed E-state index contributed by atoms with van der Waals surface area (Å²) in [5.74, 6) is 0. The molecule has 79 valence electrons. The van der Waals surface area contributed by atoms with Crippen LogP contribution in [0.5, 0.6) is 0 Å². The fraction of sp³-hybridized carbons (Fsp3) is 0.250. The zero-order valence-corrected chi connectivity index (χ0v) is 11.7. The van der Waals surface area contributed by atoms with Gasteiger partial charge >= 0.3 is 35.6 Å². The monoisotopic (exact) mass is 275 g/mol. The first-order valence-electron chi connectivity index (χ1n) is 4.92. The predicted molar refractivity (Wildman–Crippen MR) is 64.4 cm³/mol. The molecular formula is C12H13Cl2Ti. The van der Waals surface area contributed by atoms with Gasteiger partial charge in [0.2, 0.25) is 0 Å². The number of rotatable bonds is 2. The first kappa shape index (κ1) is 13.3. The topological polar surface area (TPSA) is 0 Å². The number of halogens is 2. The second kappa shape index (κ2) is 7.51. The van der Waals surface area contributed by atoms with Crippen molar-refractivity contribution >= 4 is 24.7 Å². The molecule has 0 aromatic heterocycles. The average Bonchev–Trinajstić information content (AvgIpc) is 2.61. The first-order valence-corrected chi connectivity index (χ1v) is 9.22. The molecule has 1 aromatic carbocycles. The van der Waals surface area contributed by atoms with Crippen molar-refractivity contribution in [1.82, 2.24) is 0 Å². The van der Waals surface area contributed by atoms with E-state index in [1.165, 1.54) is 29.5 Å². The molecule has 0 bridgehead atoms. The van der Waals surface area contributed by atoms with E-state index in [0.717, 1.165) is 0 Å². The van der Waals surface area contributed by atoms with Gasteiger partial charge in [-0.3, -0.25) is 0 Å². The van der Waals surface area contributed by atoms with Crippen molar-refractivity contribution in [1.29, 1.82) is 0 Å². The summed E-state index contributed by atoms with van der Waals surface area (Å²) in [5, 5.41) is 0. The molecule has 1 aliphatic carbocycles. The van der Waals surface area contributed by atoms with Crippen LogP contribution in [0.15, 0.2) is 29.8 Å². The quantitative estimate of drug-likeness (QED) is 0.680. The van der Waals surface area contributed by atoms with Crippen LogP contribution in [0.2, 0.25) is 0 Å². The van der Waals surface area contributed by atoms with Gasteiger partial charge in [0.1, 0.15) is 0 Å². The molecule has 0 saturated carbocycles. The fourth-order valence-electron chi connectivity index (χ4n) is 1.65. The zero-order chi connectivity index (χ0) is 11.1. The second-order valence-electron chi connectivity index (χ2n) is 3.31. The van der Waals surface area contributed by atoms with Crippen molar-refractivity contribution in [2.24, 2.45) is 0 Å². The third kappa shape index (κ3) is 4.32. The van der Waals surface area contributed by atoms with Crippen LogP contribution in [0.3, 0.4) is 0 Å². The molecule has 1 aromatic rings. The third-order valence-corrected chi connectivity index (χ3v) is 2.22. The van der Waals surface area contributed by atoms with Gasteiger partial charge in [-0.05, 0) is 17.5 Å². The number of hydrogen-bond acceptors (Lipinski definition) is 0. The molecule has 0 fully saturated rings. The van der Waals surface area contributed by atoms with Gasteiger partial charge in [-0.25, -0.2) is 0 Å². The van der Waals surface area contributed by atoms with Crippen molar-refractivity contribution < 1.29 is 17.0 Å². The van der Waals surface area contributed by atoms with Gasteiger partial charge in [-0.15, -0.1) is 0 Å². The van der Waals surface area contributed by atoms with E-state index in [9.17, 15) is 0 Å².